The normalized spacial score (nSPS) is 11.1. The molecule has 21 heavy (non-hydrogen) atoms. The smallest absolute Gasteiger partial charge is 0.426 e. The van der Waals surface area contributed by atoms with Crippen molar-refractivity contribution < 1.29 is 14.6 Å². The fourth-order valence-corrected chi connectivity index (χ4v) is 1.85. The number of carbonyl (C=O) groups excluding carboxylic acids is 1. The monoisotopic (exact) mass is 314 g/mol. The van der Waals surface area contributed by atoms with Crippen LogP contribution in [0, 0.1) is 0 Å². The number of amides is 1. The van der Waals surface area contributed by atoms with Crippen LogP contribution in [0.5, 0.6) is 0 Å². The van der Waals surface area contributed by atoms with E-state index >= 15 is 0 Å². The SMILES string of the molecule is CCN(NC(=O)OC(C)(C)C)c1nc(SC)ncc1CO. The lowest BCUT2D eigenvalue weighted by molar-refractivity contribution is 0.0520. The maximum absolute atomic E-state index is 11.9. The van der Waals surface area contributed by atoms with Crippen LogP contribution in [0.15, 0.2) is 11.4 Å². The van der Waals surface area contributed by atoms with Gasteiger partial charge in [0.2, 0.25) is 0 Å². The minimum absolute atomic E-state index is 0.212. The number of rotatable bonds is 5. The molecule has 0 spiro atoms. The Kier molecular flexibility index (Phi) is 6.22. The van der Waals surface area contributed by atoms with Gasteiger partial charge in [-0.25, -0.2) is 20.2 Å². The first-order chi connectivity index (χ1) is 9.80. The van der Waals surface area contributed by atoms with Crippen molar-refractivity contribution in [2.24, 2.45) is 0 Å². The van der Waals surface area contributed by atoms with Gasteiger partial charge in [-0.05, 0) is 34.0 Å². The summed E-state index contributed by atoms with van der Waals surface area (Å²) in [5, 5.41) is 11.5. The Balaban J connectivity index is 2.96. The standard InChI is InChI=1S/C13H22N4O3S/c1-6-17(16-12(19)20-13(2,3)4)10-9(8-18)7-14-11(15-10)21-5/h7,18H,6,8H2,1-5H3,(H,16,19). The van der Waals surface area contributed by atoms with Crippen molar-refractivity contribution in [2.45, 2.75) is 45.1 Å². The maximum atomic E-state index is 11.9. The summed E-state index contributed by atoms with van der Waals surface area (Å²) in [6, 6.07) is 0. The second-order valence-electron chi connectivity index (χ2n) is 5.22. The van der Waals surface area contributed by atoms with E-state index in [1.165, 1.54) is 16.8 Å². The highest BCUT2D eigenvalue weighted by molar-refractivity contribution is 7.98. The zero-order valence-corrected chi connectivity index (χ0v) is 13.8. The average Bonchev–Trinajstić information content (AvgIpc) is 2.42. The summed E-state index contributed by atoms with van der Waals surface area (Å²) in [6.45, 7) is 7.49. The molecule has 0 aromatic carbocycles. The summed E-state index contributed by atoms with van der Waals surface area (Å²) in [5.74, 6) is 0.463. The van der Waals surface area contributed by atoms with Crippen LogP contribution in [-0.2, 0) is 11.3 Å². The lowest BCUT2D eigenvalue weighted by Gasteiger charge is -2.27. The van der Waals surface area contributed by atoms with Crippen LogP contribution < -0.4 is 10.4 Å². The van der Waals surface area contributed by atoms with Crippen LogP contribution in [-0.4, -0.2) is 39.6 Å². The topological polar surface area (TPSA) is 87.6 Å². The van der Waals surface area contributed by atoms with Crippen molar-refractivity contribution in [3.8, 4) is 0 Å². The molecule has 8 heteroatoms. The van der Waals surface area contributed by atoms with Gasteiger partial charge in [-0.1, -0.05) is 11.8 Å². The van der Waals surface area contributed by atoms with Gasteiger partial charge in [0.1, 0.15) is 5.60 Å². The number of aromatic nitrogens is 2. The number of nitrogens with zero attached hydrogens (tertiary/aromatic N) is 3. The van der Waals surface area contributed by atoms with E-state index in [0.717, 1.165) is 0 Å². The molecule has 0 atom stereocenters. The molecule has 0 aliphatic carbocycles. The van der Waals surface area contributed by atoms with Crippen LogP contribution in [0.25, 0.3) is 0 Å². The van der Waals surface area contributed by atoms with E-state index < -0.39 is 11.7 Å². The van der Waals surface area contributed by atoms with E-state index in [0.29, 0.717) is 23.1 Å². The number of nitrogens with one attached hydrogen (secondary N) is 1. The number of thioether (sulfide) groups is 1. The van der Waals surface area contributed by atoms with Gasteiger partial charge in [0.25, 0.3) is 0 Å². The fourth-order valence-electron chi connectivity index (χ4n) is 1.52. The predicted molar refractivity (Wildman–Crippen MR) is 82.1 cm³/mol. The van der Waals surface area contributed by atoms with Gasteiger partial charge >= 0.3 is 6.09 Å². The minimum atomic E-state index is -0.584. The zero-order chi connectivity index (χ0) is 16.0. The largest absolute Gasteiger partial charge is 0.443 e. The molecule has 0 radical (unpaired) electrons. The number of ether oxygens (including phenoxy) is 1. The summed E-state index contributed by atoms with van der Waals surface area (Å²) in [7, 11) is 0. The third kappa shape index (κ3) is 5.39. The second-order valence-corrected chi connectivity index (χ2v) is 6.00. The van der Waals surface area contributed by atoms with Crippen LogP contribution in [0.2, 0.25) is 0 Å². The fraction of sp³-hybridized carbons (Fsp3) is 0.615. The van der Waals surface area contributed by atoms with Crippen molar-refractivity contribution in [2.75, 3.05) is 17.8 Å². The van der Waals surface area contributed by atoms with Crippen molar-refractivity contribution in [1.29, 1.82) is 0 Å². The minimum Gasteiger partial charge on any atom is -0.443 e. The molecule has 1 aromatic heterocycles. The number of hydrazine groups is 1. The van der Waals surface area contributed by atoms with E-state index in [-0.39, 0.29) is 6.61 Å². The molecule has 0 unspecified atom stereocenters. The lowest BCUT2D eigenvalue weighted by Crippen LogP contribution is -2.45. The Labute approximate surface area is 129 Å². The summed E-state index contributed by atoms with van der Waals surface area (Å²) in [6.07, 6.45) is 2.83. The Morgan fingerprint density at radius 2 is 2.19 bits per heavy atom. The first-order valence-electron chi connectivity index (χ1n) is 6.58. The Morgan fingerprint density at radius 1 is 1.52 bits per heavy atom. The molecule has 0 saturated heterocycles. The molecule has 1 rings (SSSR count). The molecule has 1 amide bonds. The third-order valence-electron chi connectivity index (χ3n) is 2.37. The van der Waals surface area contributed by atoms with Crippen LogP contribution in [0.1, 0.15) is 33.3 Å². The molecule has 0 saturated carbocycles. The number of hydrogen-bond donors (Lipinski definition) is 2. The van der Waals surface area contributed by atoms with Gasteiger partial charge < -0.3 is 9.84 Å². The summed E-state index contributed by atoms with van der Waals surface area (Å²) < 4.78 is 5.22. The number of aliphatic hydroxyl groups excluding tert-OH is 1. The van der Waals surface area contributed by atoms with Crippen molar-refractivity contribution in [1.82, 2.24) is 15.4 Å². The van der Waals surface area contributed by atoms with Gasteiger partial charge in [0, 0.05) is 18.3 Å². The number of hydrogen-bond acceptors (Lipinski definition) is 7. The number of anilines is 1. The van der Waals surface area contributed by atoms with Gasteiger partial charge in [0.15, 0.2) is 11.0 Å². The molecule has 0 bridgehead atoms. The van der Waals surface area contributed by atoms with Crippen LogP contribution in [0.3, 0.4) is 0 Å². The van der Waals surface area contributed by atoms with Gasteiger partial charge in [0.05, 0.1) is 6.61 Å². The number of aliphatic hydroxyl groups is 1. The van der Waals surface area contributed by atoms with Crippen molar-refractivity contribution >= 4 is 23.7 Å². The molecule has 0 fully saturated rings. The quantitative estimate of drug-likeness (QED) is 0.488. The van der Waals surface area contributed by atoms with Crippen molar-refractivity contribution in [3.05, 3.63) is 11.8 Å². The van der Waals surface area contributed by atoms with Crippen LogP contribution >= 0.6 is 11.8 Å². The van der Waals surface area contributed by atoms with E-state index in [1.807, 2.05) is 13.2 Å². The first-order valence-corrected chi connectivity index (χ1v) is 7.81. The molecule has 0 aliphatic heterocycles. The highest BCUT2D eigenvalue weighted by Crippen LogP contribution is 2.19. The summed E-state index contributed by atoms with van der Waals surface area (Å²) in [5.41, 5.74) is 2.58. The molecule has 0 aliphatic rings. The Bertz CT molecular complexity index is 491. The predicted octanol–water partition coefficient (Wildman–Crippen LogP) is 1.96. The molecule has 118 valence electrons. The molecule has 1 heterocycles. The lowest BCUT2D eigenvalue weighted by atomic mass is 10.2. The van der Waals surface area contributed by atoms with E-state index in [2.05, 4.69) is 15.4 Å². The first kappa shape index (κ1) is 17.5. The van der Waals surface area contributed by atoms with Gasteiger partial charge in [-0.15, -0.1) is 0 Å². The molecule has 1 aromatic rings. The van der Waals surface area contributed by atoms with E-state index in [4.69, 9.17) is 4.74 Å². The van der Waals surface area contributed by atoms with Gasteiger partial charge in [-0.3, -0.25) is 5.01 Å². The Hall–Kier alpha value is -1.54. The van der Waals surface area contributed by atoms with Crippen LogP contribution in [0.4, 0.5) is 10.6 Å². The second kappa shape index (κ2) is 7.46. The van der Waals surface area contributed by atoms with E-state index in [1.54, 1.807) is 27.0 Å². The van der Waals surface area contributed by atoms with E-state index in [9.17, 15) is 9.90 Å². The highest BCUT2D eigenvalue weighted by Gasteiger charge is 2.20. The summed E-state index contributed by atoms with van der Waals surface area (Å²) in [4.78, 5) is 20.3. The zero-order valence-electron chi connectivity index (χ0n) is 13.0. The maximum Gasteiger partial charge on any atom is 0.426 e. The van der Waals surface area contributed by atoms with Crippen molar-refractivity contribution in [3.63, 3.8) is 0 Å². The molecular formula is C13H22N4O3S. The molecule has 7 nitrogen and oxygen atoms in total. The third-order valence-corrected chi connectivity index (χ3v) is 2.93. The van der Waals surface area contributed by atoms with Gasteiger partial charge in [-0.2, -0.15) is 0 Å². The average molecular weight is 314 g/mol. The number of carbonyl (C=O) groups is 1. The summed E-state index contributed by atoms with van der Waals surface area (Å²) >= 11 is 1.38. The molecular weight excluding hydrogens is 292 g/mol. The highest BCUT2D eigenvalue weighted by atomic mass is 32.2. The molecule has 2 N–H and O–H groups in total. The Morgan fingerprint density at radius 3 is 2.67 bits per heavy atom.